The summed E-state index contributed by atoms with van der Waals surface area (Å²) in [4.78, 5) is 0.109. The van der Waals surface area contributed by atoms with Gasteiger partial charge in [-0.2, -0.15) is 8.42 Å². The molecule has 1 aromatic carbocycles. The van der Waals surface area contributed by atoms with E-state index in [9.17, 15) is 13.5 Å². The highest BCUT2D eigenvalue weighted by Crippen LogP contribution is 2.11. The SMILES string of the molecule is COC([O-])=c1cc[n+](=NS(=O)(=O)c2ccc(C)cc2)cc1. The van der Waals surface area contributed by atoms with Crippen LogP contribution in [0.4, 0.5) is 0 Å². The van der Waals surface area contributed by atoms with Crippen LogP contribution in [0.5, 0.6) is 0 Å². The topological polar surface area (TPSA) is 84.7 Å². The maximum absolute atomic E-state index is 12.1. The van der Waals surface area contributed by atoms with Gasteiger partial charge in [0.15, 0.2) is 0 Å². The molecule has 21 heavy (non-hydrogen) atoms. The summed E-state index contributed by atoms with van der Waals surface area (Å²) in [6, 6.07) is 9.26. The van der Waals surface area contributed by atoms with Gasteiger partial charge >= 0.3 is 10.0 Å². The Hall–Kier alpha value is -2.41. The number of hydrogen-bond acceptors (Lipinski definition) is 4. The van der Waals surface area contributed by atoms with E-state index in [4.69, 9.17) is 0 Å². The van der Waals surface area contributed by atoms with Crippen molar-refractivity contribution in [3.05, 3.63) is 59.6 Å². The summed E-state index contributed by atoms with van der Waals surface area (Å²) in [6.07, 6.45) is 2.75. The molecule has 110 valence electrons. The van der Waals surface area contributed by atoms with Crippen LogP contribution in [0.25, 0.3) is 5.95 Å². The number of hydrogen-bond donors (Lipinski definition) is 0. The van der Waals surface area contributed by atoms with E-state index in [0.717, 1.165) is 9.93 Å². The predicted molar refractivity (Wildman–Crippen MR) is 72.9 cm³/mol. The van der Waals surface area contributed by atoms with Crippen molar-refractivity contribution < 1.29 is 22.6 Å². The summed E-state index contributed by atoms with van der Waals surface area (Å²) in [6.45, 7) is 1.87. The van der Waals surface area contributed by atoms with Crippen LogP contribution in [-0.4, -0.2) is 15.5 Å². The quantitative estimate of drug-likeness (QED) is 0.734. The largest absolute Gasteiger partial charge is 0.616 e. The zero-order valence-corrected chi connectivity index (χ0v) is 12.4. The molecule has 0 unspecified atom stereocenters. The zero-order valence-electron chi connectivity index (χ0n) is 11.6. The number of methoxy groups -OCH3 is 1. The van der Waals surface area contributed by atoms with Crippen molar-refractivity contribution in [2.45, 2.75) is 11.8 Å². The molecule has 0 saturated heterocycles. The molecule has 2 rings (SSSR count). The molecule has 7 heteroatoms. The number of pyridine rings is 1. The number of sulfonamides is 1. The van der Waals surface area contributed by atoms with Gasteiger partial charge in [-0.3, -0.25) is 0 Å². The first-order valence-corrected chi connectivity index (χ1v) is 7.51. The Labute approximate surface area is 122 Å². The van der Waals surface area contributed by atoms with Crippen LogP contribution in [0.2, 0.25) is 0 Å². The van der Waals surface area contributed by atoms with Gasteiger partial charge in [-0.1, -0.05) is 17.7 Å². The van der Waals surface area contributed by atoms with E-state index in [1.54, 1.807) is 12.1 Å². The average molecular weight is 306 g/mol. The van der Waals surface area contributed by atoms with Gasteiger partial charge in [-0.05, 0) is 30.5 Å². The Balaban J connectivity index is 2.45. The van der Waals surface area contributed by atoms with E-state index in [0.29, 0.717) is 5.22 Å². The third kappa shape index (κ3) is 3.57. The second-order valence-corrected chi connectivity index (χ2v) is 5.91. The molecule has 0 aliphatic heterocycles. The molecule has 0 N–H and O–H groups in total. The molecule has 0 spiro atoms. The molecule has 0 saturated carbocycles. The third-order valence-electron chi connectivity index (χ3n) is 2.76. The highest BCUT2D eigenvalue weighted by Gasteiger charge is 2.16. The minimum absolute atomic E-state index is 0.109. The number of aromatic nitrogens is 1. The van der Waals surface area contributed by atoms with Gasteiger partial charge in [0.2, 0.25) is 12.4 Å². The highest BCUT2D eigenvalue weighted by atomic mass is 32.2. The van der Waals surface area contributed by atoms with E-state index >= 15 is 0 Å². The molecule has 0 radical (unpaired) electrons. The maximum atomic E-state index is 12.1. The van der Waals surface area contributed by atoms with Crippen LogP contribution in [0.1, 0.15) is 5.56 Å². The van der Waals surface area contributed by atoms with Crippen LogP contribution < -0.4 is 14.7 Å². The molecule has 1 heterocycles. The summed E-state index contributed by atoms with van der Waals surface area (Å²) in [5.74, 6) is -0.497. The van der Waals surface area contributed by atoms with Crippen LogP contribution in [0, 0.1) is 6.92 Å². The monoisotopic (exact) mass is 306 g/mol. The zero-order chi connectivity index (χ0) is 15.5. The van der Waals surface area contributed by atoms with Gasteiger partial charge < -0.3 is 9.84 Å². The highest BCUT2D eigenvalue weighted by molar-refractivity contribution is 7.89. The first-order chi connectivity index (χ1) is 9.92. The van der Waals surface area contributed by atoms with Gasteiger partial charge in [0.05, 0.1) is 10.8 Å². The van der Waals surface area contributed by atoms with Crippen LogP contribution in [0.3, 0.4) is 0 Å². The Morgan fingerprint density at radius 2 is 1.71 bits per heavy atom. The number of nitrogens with zero attached hydrogens (tertiary/aromatic N) is 2. The summed E-state index contributed by atoms with van der Waals surface area (Å²) < 4.78 is 33.6. The fourth-order valence-corrected chi connectivity index (χ4v) is 2.54. The van der Waals surface area contributed by atoms with E-state index < -0.39 is 16.0 Å². The number of ether oxygens (including phenoxy) is 1. The first-order valence-electron chi connectivity index (χ1n) is 6.07. The maximum Gasteiger partial charge on any atom is 0.336 e. The molecule has 2 aromatic rings. The number of benzene rings is 1. The van der Waals surface area contributed by atoms with Crippen molar-refractivity contribution >= 4 is 16.0 Å². The van der Waals surface area contributed by atoms with E-state index in [-0.39, 0.29) is 4.90 Å². The molecule has 6 nitrogen and oxygen atoms in total. The molecule has 1 aromatic heterocycles. The first kappa shape index (κ1) is 15.0. The van der Waals surface area contributed by atoms with Crippen molar-refractivity contribution in [2.75, 3.05) is 7.11 Å². The Morgan fingerprint density at radius 3 is 2.24 bits per heavy atom. The van der Waals surface area contributed by atoms with Crippen molar-refractivity contribution in [3.8, 4) is 0 Å². The Kier molecular flexibility index (Phi) is 4.23. The summed E-state index contributed by atoms with van der Waals surface area (Å²) in [5, 5.41) is 11.6. The molecule has 0 amide bonds. The standard InChI is InChI=1S/C14H14N2O4S/c1-11-3-5-13(6-4-11)21(18,19)15-16-9-7-12(8-10-16)14(17)20-2/h3-10H,1-2H3. The Bertz CT molecular complexity index is 835. The van der Waals surface area contributed by atoms with Crippen molar-refractivity contribution in [1.82, 2.24) is 0 Å². The fourth-order valence-electron chi connectivity index (χ4n) is 1.61. The van der Waals surface area contributed by atoms with Crippen molar-refractivity contribution in [3.63, 3.8) is 0 Å². The van der Waals surface area contributed by atoms with Crippen molar-refractivity contribution in [2.24, 2.45) is 4.52 Å². The predicted octanol–water partition coefficient (Wildman–Crippen LogP) is -0.224. The van der Waals surface area contributed by atoms with Crippen LogP contribution >= 0.6 is 0 Å². The lowest BCUT2D eigenvalue weighted by Gasteiger charge is -2.06. The lowest BCUT2D eigenvalue weighted by molar-refractivity contribution is -0.538. The van der Waals surface area contributed by atoms with Gasteiger partial charge in [0.1, 0.15) is 4.52 Å². The number of rotatable bonds is 3. The van der Waals surface area contributed by atoms with Gasteiger partial charge in [-0.25, -0.2) is 0 Å². The molecule has 0 aliphatic rings. The van der Waals surface area contributed by atoms with Gasteiger partial charge in [0.25, 0.3) is 0 Å². The normalized spacial score (nSPS) is 11.0. The summed E-state index contributed by atoms with van der Waals surface area (Å²) in [5.41, 5.74) is 0.962. The lowest BCUT2D eigenvalue weighted by atomic mass is 10.2. The third-order valence-corrected chi connectivity index (χ3v) is 4.03. The van der Waals surface area contributed by atoms with Gasteiger partial charge in [-0.15, -0.1) is 0 Å². The van der Waals surface area contributed by atoms with Crippen molar-refractivity contribution in [1.29, 1.82) is 0 Å². The summed E-state index contributed by atoms with van der Waals surface area (Å²) >= 11 is 0. The fraction of sp³-hybridized carbons (Fsp3) is 0.143. The van der Waals surface area contributed by atoms with E-state index in [1.807, 2.05) is 6.92 Å². The van der Waals surface area contributed by atoms with Gasteiger partial charge in [0, 0.05) is 17.4 Å². The molecule has 0 atom stereocenters. The van der Waals surface area contributed by atoms with E-state index in [1.165, 1.54) is 43.8 Å². The molecule has 0 aliphatic carbocycles. The molecular weight excluding hydrogens is 292 g/mol. The average Bonchev–Trinajstić information content (AvgIpc) is 2.47. The smallest absolute Gasteiger partial charge is 0.336 e. The van der Waals surface area contributed by atoms with Crippen LogP contribution in [-0.2, 0) is 14.8 Å². The summed E-state index contributed by atoms with van der Waals surface area (Å²) in [7, 11) is -2.52. The Morgan fingerprint density at radius 1 is 1.14 bits per heavy atom. The second-order valence-electron chi connectivity index (χ2n) is 4.33. The van der Waals surface area contributed by atoms with E-state index in [2.05, 4.69) is 9.26 Å². The molecular formula is C14H14N2O4S. The minimum Gasteiger partial charge on any atom is -0.616 e. The minimum atomic E-state index is -3.80. The molecule has 0 fully saturated rings. The van der Waals surface area contributed by atoms with Crippen LogP contribution in [0.15, 0.2) is 58.2 Å². The number of aryl methyl sites for hydroxylation is 1. The lowest BCUT2D eigenvalue weighted by Crippen LogP contribution is -2.24. The molecule has 0 bridgehead atoms. The second kappa shape index (κ2) is 5.92.